The molecule has 1 atom stereocenters. The van der Waals surface area contributed by atoms with Crippen molar-refractivity contribution in [2.45, 2.75) is 24.3 Å². The van der Waals surface area contributed by atoms with Crippen LogP contribution in [0.25, 0.3) is 0 Å². The van der Waals surface area contributed by atoms with Crippen molar-refractivity contribution < 1.29 is 17.2 Å². The highest BCUT2D eigenvalue weighted by molar-refractivity contribution is 7.92. The van der Waals surface area contributed by atoms with E-state index in [1.165, 1.54) is 4.31 Å². The maximum absolute atomic E-state index is 13.9. The van der Waals surface area contributed by atoms with Crippen LogP contribution in [-0.2, 0) is 16.4 Å². The van der Waals surface area contributed by atoms with Crippen molar-refractivity contribution in [3.8, 4) is 0 Å². The molecular weight excluding hydrogens is 296 g/mol. The number of rotatable bonds is 2. The van der Waals surface area contributed by atoms with Crippen LogP contribution in [0.4, 0.5) is 14.5 Å². The third kappa shape index (κ3) is 2.19. The molecule has 21 heavy (non-hydrogen) atoms. The lowest BCUT2D eigenvalue weighted by atomic mass is 10.1. The lowest BCUT2D eigenvalue weighted by molar-refractivity contribution is 0.545. The molecule has 0 saturated carbocycles. The molecular formula is C15H13F2NO2S. The molecule has 0 N–H and O–H groups in total. The second-order valence-corrected chi connectivity index (χ2v) is 6.84. The first-order valence-corrected chi connectivity index (χ1v) is 7.92. The fourth-order valence-corrected chi connectivity index (χ4v) is 4.44. The van der Waals surface area contributed by atoms with Gasteiger partial charge in [-0.25, -0.2) is 17.2 Å². The Bertz CT molecular complexity index is 805. The highest BCUT2D eigenvalue weighted by atomic mass is 32.2. The van der Waals surface area contributed by atoms with Crippen LogP contribution in [0.5, 0.6) is 0 Å². The van der Waals surface area contributed by atoms with Gasteiger partial charge in [-0.2, -0.15) is 0 Å². The summed E-state index contributed by atoms with van der Waals surface area (Å²) in [6.07, 6.45) is 0.568. The highest BCUT2D eigenvalue weighted by Crippen LogP contribution is 2.36. The first-order chi connectivity index (χ1) is 9.91. The summed E-state index contributed by atoms with van der Waals surface area (Å²) in [7, 11) is -4.06. The van der Waals surface area contributed by atoms with Crippen LogP contribution in [-0.4, -0.2) is 14.5 Å². The molecule has 0 aromatic heterocycles. The number of nitrogens with zero attached hydrogens (tertiary/aromatic N) is 1. The van der Waals surface area contributed by atoms with Gasteiger partial charge in [-0.3, -0.25) is 4.31 Å². The molecule has 0 saturated heterocycles. The average molecular weight is 309 g/mol. The van der Waals surface area contributed by atoms with Gasteiger partial charge < -0.3 is 0 Å². The van der Waals surface area contributed by atoms with E-state index in [4.69, 9.17) is 0 Å². The molecule has 0 fully saturated rings. The zero-order valence-corrected chi connectivity index (χ0v) is 12.1. The summed E-state index contributed by atoms with van der Waals surface area (Å²) in [6.45, 7) is 1.76. The van der Waals surface area contributed by atoms with Gasteiger partial charge in [0.05, 0.1) is 5.69 Å². The minimum Gasteiger partial charge on any atom is -0.263 e. The van der Waals surface area contributed by atoms with Crippen LogP contribution in [0.3, 0.4) is 0 Å². The van der Waals surface area contributed by atoms with Gasteiger partial charge in [0.1, 0.15) is 16.5 Å². The first-order valence-electron chi connectivity index (χ1n) is 6.48. The second-order valence-electron chi connectivity index (χ2n) is 5.06. The third-order valence-electron chi connectivity index (χ3n) is 3.58. The van der Waals surface area contributed by atoms with E-state index in [-0.39, 0.29) is 6.04 Å². The van der Waals surface area contributed by atoms with Crippen molar-refractivity contribution >= 4 is 15.7 Å². The minimum absolute atomic E-state index is 0.308. The molecule has 1 heterocycles. The van der Waals surface area contributed by atoms with Crippen molar-refractivity contribution in [1.29, 1.82) is 0 Å². The summed E-state index contributed by atoms with van der Waals surface area (Å²) in [5.41, 5.74) is 1.45. The van der Waals surface area contributed by atoms with E-state index in [1.807, 2.05) is 12.1 Å². The fraction of sp³-hybridized carbons (Fsp3) is 0.200. The summed E-state index contributed by atoms with van der Waals surface area (Å²) in [5, 5.41) is 0. The second kappa shape index (κ2) is 4.80. The van der Waals surface area contributed by atoms with E-state index in [0.717, 1.165) is 17.7 Å². The molecule has 0 radical (unpaired) electrons. The Morgan fingerprint density at radius 1 is 1.14 bits per heavy atom. The van der Waals surface area contributed by atoms with Gasteiger partial charge >= 0.3 is 0 Å². The van der Waals surface area contributed by atoms with E-state index >= 15 is 0 Å². The Labute approximate surface area is 121 Å². The Morgan fingerprint density at radius 3 is 2.57 bits per heavy atom. The van der Waals surface area contributed by atoms with Crippen molar-refractivity contribution in [2.75, 3.05) is 4.31 Å². The third-order valence-corrected chi connectivity index (χ3v) is 5.54. The van der Waals surface area contributed by atoms with Crippen molar-refractivity contribution in [1.82, 2.24) is 0 Å². The molecule has 3 nitrogen and oxygen atoms in total. The lowest BCUT2D eigenvalue weighted by Crippen LogP contribution is -2.36. The molecule has 110 valence electrons. The molecule has 0 amide bonds. The van der Waals surface area contributed by atoms with Gasteiger partial charge in [-0.15, -0.1) is 0 Å². The first kappa shape index (κ1) is 14.0. The summed E-state index contributed by atoms with van der Waals surface area (Å²) >= 11 is 0. The average Bonchev–Trinajstić information content (AvgIpc) is 2.74. The van der Waals surface area contributed by atoms with Gasteiger partial charge in [0.2, 0.25) is 0 Å². The fourth-order valence-electron chi connectivity index (χ4n) is 2.69. The monoisotopic (exact) mass is 309 g/mol. The number of benzene rings is 2. The van der Waals surface area contributed by atoms with Crippen LogP contribution in [0.2, 0.25) is 0 Å². The van der Waals surface area contributed by atoms with Gasteiger partial charge in [-0.05, 0) is 37.1 Å². The standard InChI is InChI=1S/C15H13F2NO2S/c1-10-8-11-4-2-3-5-14(11)18(10)21(19,20)15-7-6-12(16)9-13(15)17/h2-7,9-10H,8H2,1H3/t10-/m0/s1. The number of halogens is 2. The molecule has 0 aliphatic carbocycles. The number of anilines is 1. The Kier molecular flexibility index (Phi) is 3.20. The van der Waals surface area contributed by atoms with E-state index in [1.54, 1.807) is 19.1 Å². The number of fused-ring (bicyclic) bond motifs is 1. The maximum Gasteiger partial charge on any atom is 0.267 e. The quantitative estimate of drug-likeness (QED) is 0.855. The normalized spacial score (nSPS) is 17.9. The maximum atomic E-state index is 13.9. The van der Waals surface area contributed by atoms with Gasteiger partial charge in [0.25, 0.3) is 10.0 Å². The van der Waals surface area contributed by atoms with E-state index in [0.29, 0.717) is 18.2 Å². The van der Waals surface area contributed by atoms with Crippen LogP contribution in [0.15, 0.2) is 47.4 Å². The zero-order chi connectivity index (χ0) is 15.2. The Hall–Kier alpha value is -1.95. The lowest BCUT2D eigenvalue weighted by Gasteiger charge is -2.24. The van der Waals surface area contributed by atoms with Gasteiger partial charge in [0.15, 0.2) is 0 Å². The van der Waals surface area contributed by atoms with Crippen molar-refractivity contribution in [2.24, 2.45) is 0 Å². The predicted octanol–water partition coefficient (Wildman–Crippen LogP) is 3.10. The summed E-state index contributed by atoms with van der Waals surface area (Å²) in [4.78, 5) is -0.507. The van der Waals surface area contributed by atoms with E-state index in [2.05, 4.69) is 0 Å². The highest BCUT2D eigenvalue weighted by Gasteiger charge is 2.37. The summed E-state index contributed by atoms with van der Waals surface area (Å²) < 4.78 is 53.5. The van der Waals surface area contributed by atoms with E-state index < -0.39 is 26.6 Å². The molecule has 1 aliphatic rings. The predicted molar refractivity (Wildman–Crippen MR) is 75.6 cm³/mol. The van der Waals surface area contributed by atoms with Crippen LogP contribution in [0.1, 0.15) is 12.5 Å². The molecule has 3 rings (SSSR count). The van der Waals surface area contributed by atoms with Crippen molar-refractivity contribution in [3.05, 3.63) is 59.7 Å². The molecule has 0 spiro atoms. The molecule has 6 heteroatoms. The zero-order valence-electron chi connectivity index (χ0n) is 11.3. The largest absolute Gasteiger partial charge is 0.267 e. The number of hydrogen-bond donors (Lipinski definition) is 0. The minimum atomic E-state index is -4.06. The van der Waals surface area contributed by atoms with E-state index in [9.17, 15) is 17.2 Å². The molecule has 2 aromatic rings. The summed E-state index contributed by atoms with van der Waals surface area (Å²) in [6, 6.07) is 9.30. The molecule has 0 bridgehead atoms. The van der Waals surface area contributed by atoms with Gasteiger partial charge in [-0.1, -0.05) is 18.2 Å². The van der Waals surface area contributed by atoms with Crippen molar-refractivity contribution in [3.63, 3.8) is 0 Å². The molecule has 2 aromatic carbocycles. The number of sulfonamides is 1. The van der Waals surface area contributed by atoms with Crippen LogP contribution in [0, 0.1) is 11.6 Å². The van der Waals surface area contributed by atoms with Crippen LogP contribution >= 0.6 is 0 Å². The smallest absolute Gasteiger partial charge is 0.263 e. The number of para-hydroxylation sites is 1. The van der Waals surface area contributed by atoms with Crippen LogP contribution < -0.4 is 4.31 Å². The van der Waals surface area contributed by atoms with Gasteiger partial charge in [0, 0.05) is 12.1 Å². The topological polar surface area (TPSA) is 37.4 Å². The Balaban J connectivity index is 2.15. The Morgan fingerprint density at radius 2 is 1.86 bits per heavy atom. The SMILES string of the molecule is C[C@H]1Cc2ccccc2N1S(=O)(=O)c1ccc(F)cc1F. The molecule has 0 unspecified atom stereocenters. The molecule has 1 aliphatic heterocycles. The number of hydrogen-bond acceptors (Lipinski definition) is 2. The summed E-state index contributed by atoms with van der Waals surface area (Å²) in [5.74, 6) is -1.88.